The van der Waals surface area contributed by atoms with Crippen molar-refractivity contribution in [1.29, 1.82) is 0 Å². The molecule has 0 fully saturated rings. The van der Waals surface area contributed by atoms with Gasteiger partial charge in [-0.05, 0) is 45.8 Å². The predicted molar refractivity (Wildman–Crippen MR) is 59.9 cm³/mol. The number of unbranched alkanes of at least 4 members (excludes halogenated alkanes) is 1. The lowest BCUT2D eigenvalue weighted by Crippen LogP contribution is -2.27. The molecular weight excluding hydrogens is 160 g/mol. The van der Waals surface area contributed by atoms with Crippen LogP contribution in [-0.4, -0.2) is 30.6 Å². The maximum Gasteiger partial charge on any atom is 0.00109 e. The van der Waals surface area contributed by atoms with Gasteiger partial charge in [-0.3, -0.25) is 0 Å². The van der Waals surface area contributed by atoms with Gasteiger partial charge in [0.2, 0.25) is 0 Å². The number of nitrogens with two attached hydrogens (primary N) is 1. The van der Waals surface area contributed by atoms with Gasteiger partial charge < -0.3 is 10.6 Å². The standard InChI is InChI=1S/C11H26N2/c1-4-6-9-13(5-2)10-7-8-11(3)12/h11H,4-10,12H2,1-3H3. The Morgan fingerprint density at radius 3 is 2.23 bits per heavy atom. The summed E-state index contributed by atoms with van der Waals surface area (Å²) in [5.41, 5.74) is 5.70. The van der Waals surface area contributed by atoms with Crippen molar-refractivity contribution in [1.82, 2.24) is 4.90 Å². The van der Waals surface area contributed by atoms with Gasteiger partial charge in [-0.1, -0.05) is 20.3 Å². The first kappa shape index (κ1) is 12.9. The van der Waals surface area contributed by atoms with E-state index in [-0.39, 0.29) is 0 Å². The van der Waals surface area contributed by atoms with Crippen molar-refractivity contribution in [3.05, 3.63) is 0 Å². The van der Waals surface area contributed by atoms with Crippen LogP contribution in [0.25, 0.3) is 0 Å². The lowest BCUT2D eigenvalue weighted by atomic mass is 10.2. The molecule has 1 unspecified atom stereocenters. The van der Waals surface area contributed by atoms with Gasteiger partial charge in [0, 0.05) is 6.04 Å². The van der Waals surface area contributed by atoms with Crippen LogP contribution in [-0.2, 0) is 0 Å². The molecule has 0 bridgehead atoms. The van der Waals surface area contributed by atoms with E-state index < -0.39 is 0 Å². The van der Waals surface area contributed by atoms with Crippen molar-refractivity contribution in [2.75, 3.05) is 19.6 Å². The average Bonchev–Trinajstić information content (AvgIpc) is 2.10. The van der Waals surface area contributed by atoms with E-state index >= 15 is 0 Å². The van der Waals surface area contributed by atoms with Gasteiger partial charge in [-0.15, -0.1) is 0 Å². The Hall–Kier alpha value is -0.0800. The minimum Gasteiger partial charge on any atom is -0.328 e. The van der Waals surface area contributed by atoms with E-state index in [2.05, 4.69) is 25.7 Å². The van der Waals surface area contributed by atoms with E-state index in [9.17, 15) is 0 Å². The van der Waals surface area contributed by atoms with Crippen molar-refractivity contribution in [3.8, 4) is 0 Å². The molecule has 2 heteroatoms. The number of rotatable bonds is 8. The SMILES string of the molecule is CCCCN(CC)CCCC(C)N. The Balaban J connectivity index is 3.36. The van der Waals surface area contributed by atoms with Gasteiger partial charge in [0.05, 0.1) is 0 Å². The van der Waals surface area contributed by atoms with Crippen LogP contribution in [0.5, 0.6) is 0 Å². The molecule has 0 aromatic heterocycles. The molecule has 0 amide bonds. The summed E-state index contributed by atoms with van der Waals surface area (Å²) in [4.78, 5) is 2.52. The molecule has 0 aromatic carbocycles. The van der Waals surface area contributed by atoms with E-state index in [0.717, 1.165) is 6.42 Å². The molecule has 0 rings (SSSR count). The second-order valence-corrected chi connectivity index (χ2v) is 3.91. The lowest BCUT2D eigenvalue weighted by molar-refractivity contribution is 0.275. The third-order valence-electron chi connectivity index (χ3n) is 2.41. The van der Waals surface area contributed by atoms with Crippen LogP contribution in [0.15, 0.2) is 0 Å². The van der Waals surface area contributed by atoms with Crippen molar-refractivity contribution < 1.29 is 0 Å². The molecule has 80 valence electrons. The average molecular weight is 186 g/mol. The van der Waals surface area contributed by atoms with E-state index in [1.54, 1.807) is 0 Å². The van der Waals surface area contributed by atoms with Crippen LogP contribution in [0.4, 0.5) is 0 Å². The van der Waals surface area contributed by atoms with E-state index in [0.29, 0.717) is 6.04 Å². The fourth-order valence-electron chi connectivity index (χ4n) is 1.45. The fraction of sp³-hybridized carbons (Fsp3) is 1.00. The summed E-state index contributed by atoms with van der Waals surface area (Å²) in [6.07, 6.45) is 5.02. The smallest absolute Gasteiger partial charge is 0.00109 e. The highest BCUT2D eigenvalue weighted by Gasteiger charge is 2.01. The van der Waals surface area contributed by atoms with Gasteiger partial charge in [-0.2, -0.15) is 0 Å². The Kier molecular flexibility index (Phi) is 8.46. The molecular formula is C11H26N2. The molecule has 1 atom stereocenters. The number of nitrogens with zero attached hydrogens (tertiary/aromatic N) is 1. The second-order valence-electron chi connectivity index (χ2n) is 3.91. The monoisotopic (exact) mass is 186 g/mol. The molecule has 13 heavy (non-hydrogen) atoms. The molecule has 2 N–H and O–H groups in total. The van der Waals surface area contributed by atoms with Gasteiger partial charge in [-0.25, -0.2) is 0 Å². The summed E-state index contributed by atoms with van der Waals surface area (Å²) in [7, 11) is 0. The molecule has 0 heterocycles. The minimum atomic E-state index is 0.366. The Morgan fingerprint density at radius 1 is 1.15 bits per heavy atom. The van der Waals surface area contributed by atoms with Crippen molar-refractivity contribution in [3.63, 3.8) is 0 Å². The fourth-order valence-corrected chi connectivity index (χ4v) is 1.45. The normalized spacial score (nSPS) is 13.6. The zero-order chi connectivity index (χ0) is 10.1. The summed E-state index contributed by atoms with van der Waals surface area (Å²) in [6.45, 7) is 10.2. The van der Waals surface area contributed by atoms with Gasteiger partial charge >= 0.3 is 0 Å². The van der Waals surface area contributed by atoms with E-state index in [1.807, 2.05) is 0 Å². The third kappa shape index (κ3) is 8.26. The largest absolute Gasteiger partial charge is 0.328 e. The van der Waals surface area contributed by atoms with Crippen LogP contribution < -0.4 is 5.73 Å². The third-order valence-corrected chi connectivity index (χ3v) is 2.41. The predicted octanol–water partition coefficient (Wildman–Crippen LogP) is 2.24. The Bertz CT molecular complexity index is 102. The summed E-state index contributed by atoms with van der Waals surface area (Å²) in [6, 6.07) is 0.366. The highest BCUT2D eigenvalue weighted by atomic mass is 15.1. The first-order chi connectivity index (χ1) is 6.20. The minimum absolute atomic E-state index is 0.366. The van der Waals surface area contributed by atoms with Gasteiger partial charge in [0.25, 0.3) is 0 Å². The lowest BCUT2D eigenvalue weighted by Gasteiger charge is -2.20. The summed E-state index contributed by atoms with van der Waals surface area (Å²) in [5, 5.41) is 0. The van der Waals surface area contributed by atoms with Crippen LogP contribution in [0.3, 0.4) is 0 Å². The Labute approximate surface area is 83.5 Å². The first-order valence-electron chi connectivity index (χ1n) is 5.68. The molecule has 0 saturated carbocycles. The van der Waals surface area contributed by atoms with Gasteiger partial charge in [0.1, 0.15) is 0 Å². The van der Waals surface area contributed by atoms with Gasteiger partial charge in [0.15, 0.2) is 0 Å². The molecule has 0 aliphatic rings. The summed E-state index contributed by atoms with van der Waals surface area (Å²) < 4.78 is 0. The van der Waals surface area contributed by atoms with Crippen LogP contribution >= 0.6 is 0 Å². The molecule has 2 nitrogen and oxygen atoms in total. The number of hydrogen-bond acceptors (Lipinski definition) is 2. The molecule has 0 aliphatic carbocycles. The van der Waals surface area contributed by atoms with Crippen LogP contribution in [0, 0.1) is 0 Å². The summed E-state index contributed by atoms with van der Waals surface area (Å²) in [5.74, 6) is 0. The van der Waals surface area contributed by atoms with Crippen LogP contribution in [0.2, 0.25) is 0 Å². The molecule has 0 aromatic rings. The molecule has 0 spiro atoms. The van der Waals surface area contributed by atoms with Crippen molar-refractivity contribution >= 4 is 0 Å². The molecule has 0 saturated heterocycles. The maximum absolute atomic E-state index is 5.70. The maximum atomic E-state index is 5.70. The zero-order valence-electron chi connectivity index (χ0n) is 9.55. The van der Waals surface area contributed by atoms with Crippen molar-refractivity contribution in [2.45, 2.75) is 52.5 Å². The van der Waals surface area contributed by atoms with E-state index in [4.69, 9.17) is 5.73 Å². The number of hydrogen-bond donors (Lipinski definition) is 1. The van der Waals surface area contributed by atoms with E-state index in [1.165, 1.54) is 38.9 Å². The summed E-state index contributed by atoms with van der Waals surface area (Å²) >= 11 is 0. The molecule has 0 aliphatic heterocycles. The first-order valence-corrected chi connectivity index (χ1v) is 5.68. The zero-order valence-corrected chi connectivity index (χ0v) is 9.55. The molecule has 0 radical (unpaired) electrons. The van der Waals surface area contributed by atoms with Crippen molar-refractivity contribution in [2.24, 2.45) is 5.73 Å². The highest BCUT2D eigenvalue weighted by molar-refractivity contribution is 4.59. The highest BCUT2D eigenvalue weighted by Crippen LogP contribution is 2.00. The Morgan fingerprint density at radius 2 is 1.77 bits per heavy atom. The van der Waals surface area contributed by atoms with Crippen LogP contribution in [0.1, 0.15) is 46.5 Å². The second kappa shape index (κ2) is 8.52. The topological polar surface area (TPSA) is 29.3 Å². The quantitative estimate of drug-likeness (QED) is 0.630.